The molecule has 0 fully saturated rings. The van der Waals surface area contributed by atoms with Gasteiger partial charge in [0.2, 0.25) is 20.0 Å². The molecule has 3 N–H and O–H groups in total. The van der Waals surface area contributed by atoms with Gasteiger partial charge in [-0.15, -0.1) is 0 Å². The lowest BCUT2D eigenvalue weighted by molar-refractivity contribution is 0.596. The standard InChI is InChI=1S/C9H14N2O4S2/c1-6-4-5-8(17(10,14)15)7(2)9(6)11-16(3,12)13/h4-5,11H,1-3H3,(H2,10,14,15). The molecule has 0 aliphatic carbocycles. The number of benzene rings is 1. The minimum Gasteiger partial charge on any atom is -0.283 e. The zero-order valence-electron chi connectivity index (χ0n) is 9.68. The number of hydrogen-bond donors (Lipinski definition) is 2. The Morgan fingerprint density at radius 1 is 1.12 bits per heavy atom. The Balaban J connectivity index is 3.52. The average Bonchev–Trinajstić information content (AvgIpc) is 2.08. The van der Waals surface area contributed by atoms with Gasteiger partial charge in [-0.3, -0.25) is 4.72 Å². The fraction of sp³-hybridized carbons (Fsp3) is 0.333. The molecule has 0 saturated carbocycles. The number of nitrogens with one attached hydrogen (secondary N) is 1. The van der Waals surface area contributed by atoms with E-state index >= 15 is 0 Å². The summed E-state index contributed by atoms with van der Waals surface area (Å²) in [5.41, 5.74) is 1.16. The van der Waals surface area contributed by atoms with Crippen molar-refractivity contribution in [1.82, 2.24) is 0 Å². The fourth-order valence-corrected chi connectivity index (χ4v) is 2.95. The van der Waals surface area contributed by atoms with Gasteiger partial charge in [0.25, 0.3) is 0 Å². The van der Waals surface area contributed by atoms with Gasteiger partial charge in [-0.25, -0.2) is 22.0 Å². The third-order valence-electron chi connectivity index (χ3n) is 2.22. The Hall–Kier alpha value is -1.12. The molecule has 17 heavy (non-hydrogen) atoms. The smallest absolute Gasteiger partial charge is 0.238 e. The molecule has 0 spiro atoms. The van der Waals surface area contributed by atoms with Crippen molar-refractivity contribution in [3.05, 3.63) is 23.3 Å². The van der Waals surface area contributed by atoms with Gasteiger partial charge in [-0.1, -0.05) is 6.07 Å². The summed E-state index contributed by atoms with van der Waals surface area (Å²) in [6.45, 7) is 3.17. The van der Waals surface area contributed by atoms with Crippen LogP contribution in [0.3, 0.4) is 0 Å². The van der Waals surface area contributed by atoms with Crippen LogP contribution in [0.5, 0.6) is 0 Å². The van der Waals surface area contributed by atoms with E-state index in [0.29, 0.717) is 5.56 Å². The highest BCUT2D eigenvalue weighted by atomic mass is 32.2. The minimum absolute atomic E-state index is 0.0887. The van der Waals surface area contributed by atoms with Crippen LogP contribution in [0.1, 0.15) is 11.1 Å². The lowest BCUT2D eigenvalue weighted by Gasteiger charge is -2.13. The van der Waals surface area contributed by atoms with E-state index in [9.17, 15) is 16.8 Å². The van der Waals surface area contributed by atoms with E-state index in [0.717, 1.165) is 6.26 Å². The lowest BCUT2D eigenvalue weighted by Crippen LogP contribution is -2.17. The molecule has 6 nitrogen and oxygen atoms in total. The molecule has 96 valence electrons. The first-order chi connectivity index (χ1) is 7.52. The Labute approximate surface area is 101 Å². The molecule has 8 heteroatoms. The molecule has 0 heterocycles. The third kappa shape index (κ3) is 3.42. The fourth-order valence-electron chi connectivity index (χ4n) is 1.48. The van der Waals surface area contributed by atoms with Crippen LogP contribution >= 0.6 is 0 Å². The van der Waals surface area contributed by atoms with Gasteiger partial charge in [0.1, 0.15) is 0 Å². The van der Waals surface area contributed by atoms with E-state index in [4.69, 9.17) is 5.14 Å². The zero-order chi connectivity index (χ0) is 13.4. The van der Waals surface area contributed by atoms with E-state index in [1.165, 1.54) is 19.1 Å². The van der Waals surface area contributed by atoms with Crippen molar-refractivity contribution in [3.8, 4) is 0 Å². The van der Waals surface area contributed by atoms with Gasteiger partial charge in [-0.2, -0.15) is 0 Å². The van der Waals surface area contributed by atoms with Crippen molar-refractivity contribution in [3.63, 3.8) is 0 Å². The number of sulfonamides is 2. The molecule has 0 unspecified atom stereocenters. The molecule has 0 saturated heterocycles. The predicted molar refractivity (Wildman–Crippen MR) is 65.8 cm³/mol. The summed E-state index contributed by atoms with van der Waals surface area (Å²) in [5, 5.41) is 5.04. The average molecular weight is 278 g/mol. The quantitative estimate of drug-likeness (QED) is 0.830. The van der Waals surface area contributed by atoms with Crippen molar-refractivity contribution in [1.29, 1.82) is 0 Å². The molecule has 1 rings (SSSR count). The monoisotopic (exact) mass is 278 g/mol. The van der Waals surface area contributed by atoms with Gasteiger partial charge in [0, 0.05) is 0 Å². The first-order valence-electron chi connectivity index (χ1n) is 4.63. The van der Waals surface area contributed by atoms with Crippen molar-refractivity contribution >= 4 is 25.7 Å². The van der Waals surface area contributed by atoms with Crippen molar-refractivity contribution in [2.75, 3.05) is 11.0 Å². The van der Waals surface area contributed by atoms with E-state index in [2.05, 4.69) is 4.72 Å². The molecule has 0 aliphatic heterocycles. The van der Waals surface area contributed by atoms with Crippen LogP contribution in [-0.4, -0.2) is 23.1 Å². The normalized spacial score (nSPS) is 12.5. The molecular weight excluding hydrogens is 264 g/mol. The predicted octanol–water partition coefficient (Wildman–Crippen LogP) is 0.322. The number of aryl methyl sites for hydroxylation is 1. The summed E-state index contributed by atoms with van der Waals surface area (Å²) in [6, 6.07) is 2.85. The van der Waals surface area contributed by atoms with Gasteiger partial charge in [0.05, 0.1) is 16.8 Å². The van der Waals surface area contributed by atoms with Gasteiger partial charge in [0.15, 0.2) is 0 Å². The van der Waals surface area contributed by atoms with E-state index < -0.39 is 20.0 Å². The zero-order valence-corrected chi connectivity index (χ0v) is 11.3. The summed E-state index contributed by atoms with van der Waals surface area (Å²) in [7, 11) is -7.33. The van der Waals surface area contributed by atoms with Crippen LogP contribution in [0, 0.1) is 13.8 Å². The van der Waals surface area contributed by atoms with Crippen LogP contribution in [0.2, 0.25) is 0 Å². The minimum atomic E-state index is -3.86. The number of rotatable bonds is 3. The summed E-state index contributed by atoms with van der Waals surface area (Å²) in [4.78, 5) is -0.0887. The van der Waals surface area contributed by atoms with Crippen LogP contribution in [-0.2, 0) is 20.0 Å². The first kappa shape index (κ1) is 13.9. The Bertz CT molecular complexity index is 648. The van der Waals surface area contributed by atoms with Crippen LogP contribution in [0.4, 0.5) is 5.69 Å². The second kappa shape index (κ2) is 4.28. The number of primary sulfonamides is 1. The molecule has 1 aromatic rings. The van der Waals surface area contributed by atoms with Crippen LogP contribution in [0.15, 0.2) is 17.0 Å². The van der Waals surface area contributed by atoms with Crippen LogP contribution < -0.4 is 9.86 Å². The Morgan fingerprint density at radius 3 is 2.06 bits per heavy atom. The maximum atomic E-state index is 11.3. The Kier molecular flexibility index (Phi) is 3.51. The molecule has 0 aromatic heterocycles. The molecular formula is C9H14N2O4S2. The molecule has 0 radical (unpaired) electrons. The van der Waals surface area contributed by atoms with Gasteiger partial charge in [-0.05, 0) is 31.0 Å². The largest absolute Gasteiger partial charge is 0.283 e. The second-order valence-corrected chi connectivity index (χ2v) is 7.08. The highest BCUT2D eigenvalue weighted by Gasteiger charge is 2.17. The molecule has 1 aromatic carbocycles. The van der Waals surface area contributed by atoms with Crippen molar-refractivity contribution < 1.29 is 16.8 Å². The summed E-state index contributed by atoms with van der Waals surface area (Å²) < 4.78 is 47.2. The van der Waals surface area contributed by atoms with Crippen molar-refractivity contribution in [2.24, 2.45) is 5.14 Å². The second-order valence-electron chi connectivity index (χ2n) is 3.80. The summed E-state index contributed by atoms with van der Waals surface area (Å²) >= 11 is 0. The summed E-state index contributed by atoms with van der Waals surface area (Å²) in [6.07, 6.45) is 0.996. The third-order valence-corrected chi connectivity index (χ3v) is 3.85. The number of nitrogens with two attached hydrogens (primary N) is 1. The van der Waals surface area contributed by atoms with Gasteiger partial charge < -0.3 is 0 Å². The summed E-state index contributed by atoms with van der Waals surface area (Å²) in [5.74, 6) is 0. The van der Waals surface area contributed by atoms with Crippen molar-refractivity contribution in [2.45, 2.75) is 18.7 Å². The highest BCUT2D eigenvalue weighted by molar-refractivity contribution is 7.92. The van der Waals surface area contributed by atoms with E-state index in [1.807, 2.05) is 0 Å². The molecule has 0 atom stereocenters. The first-order valence-corrected chi connectivity index (χ1v) is 8.07. The Morgan fingerprint density at radius 2 is 1.65 bits per heavy atom. The van der Waals surface area contributed by atoms with E-state index in [-0.39, 0.29) is 16.1 Å². The highest BCUT2D eigenvalue weighted by Crippen LogP contribution is 2.26. The topological polar surface area (TPSA) is 106 Å². The number of anilines is 1. The SMILES string of the molecule is Cc1ccc(S(N)(=O)=O)c(C)c1NS(C)(=O)=O. The molecule has 0 bridgehead atoms. The number of hydrogen-bond acceptors (Lipinski definition) is 4. The van der Waals surface area contributed by atoms with E-state index in [1.54, 1.807) is 6.92 Å². The lowest BCUT2D eigenvalue weighted by atomic mass is 10.1. The molecule has 0 aliphatic rings. The maximum absolute atomic E-state index is 11.3. The maximum Gasteiger partial charge on any atom is 0.238 e. The van der Waals surface area contributed by atoms with Crippen LogP contribution in [0.25, 0.3) is 0 Å². The van der Waals surface area contributed by atoms with Gasteiger partial charge >= 0.3 is 0 Å². The molecule has 0 amide bonds.